The SMILES string of the molecule is COc1c(F)ccc2c1CC[C@@H]2Nc1ncnc2sc(-c3c4c(nc(CCc5ccc(F)cc5)c3-c3nnc(C)o3)[C@@H]3CCCN3C4=O)cc12. The van der Waals surface area contributed by atoms with Crippen LogP contribution in [0.1, 0.15) is 75.7 Å². The second-order valence-electron chi connectivity index (χ2n) is 12.9. The van der Waals surface area contributed by atoms with Gasteiger partial charge in [0, 0.05) is 29.5 Å². The summed E-state index contributed by atoms with van der Waals surface area (Å²) in [7, 11) is 1.49. The molecule has 4 aromatic heterocycles. The largest absolute Gasteiger partial charge is 0.493 e. The molecule has 2 atom stereocenters. The van der Waals surface area contributed by atoms with Crippen LogP contribution in [-0.2, 0) is 19.3 Å². The molecule has 1 N–H and O–H groups in total. The van der Waals surface area contributed by atoms with Gasteiger partial charge in [-0.25, -0.2) is 18.7 Å². The number of carbonyl (C=O) groups excluding carboxylic acids is 1. The number of ether oxygens (including phenoxy) is 1. The van der Waals surface area contributed by atoms with Crippen LogP contribution in [0.25, 0.3) is 32.1 Å². The maximum atomic E-state index is 14.5. The van der Waals surface area contributed by atoms with E-state index in [9.17, 15) is 13.6 Å². The molecule has 0 unspecified atom stereocenters. The van der Waals surface area contributed by atoms with E-state index >= 15 is 0 Å². The number of amides is 1. The third-order valence-corrected chi connectivity index (χ3v) is 11.1. The summed E-state index contributed by atoms with van der Waals surface area (Å²) < 4.78 is 39.7. The van der Waals surface area contributed by atoms with E-state index in [4.69, 9.17) is 14.1 Å². The highest BCUT2D eigenvalue weighted by Gasteiger charge is 2.45. The summed E-state index contributed by atoms with van der Waals surface area (Å²) in [5, 5.41) is 13.0. The summed E-state index contributed by atoms with van der Waals surface area (Å²) in [5.41, 5.74) is 6.17. The quantitative estimate of drug-likeness (QED) is 0.172. The van der Waals surface area contributed by atoms with Gasteiger partial charge in [-0.05, 0) is 73.9 Å². The molecule has 0 radical (unpaired) electrons. The maximum absolute atomic E-state index is 14.5. The molecule has 3 aliphatic rings. The molecule has 0 saturated carbocycles. The van der Waals surface area contributed by atoms with Gasteiger partial charge in [0.15, 0.2) is 11.6 Å². The van der Waals surface area contributed by atoms with Gasteiger partial charge in [0.05, 0.1) is 47.1 Å². The van der Waals surface area contributed by atoms with Crippen LogP contribution in [0.4, 0.5) is 14.6 Å². The van der Waals surface area contributed by atoms with E-state index in [-0.39, 0.29) is 41.3 Å². The van der Waals surface area contributed by atoms with Gasteiger partial charge >= 0.3 is 0 Å². The van der Waals surface area contributed by atoms with Gasteiger partial charge in [0.2, 0.25) is 11.8 Å². The first kappa shape index (κ1) is 30.7. The Morgan fingerprint density at radius 2 is 1.90 bits per heavy atom. The Bertz CT molecular complexity index is 2320. The van der Waals surface area contributed by atoms with Crippen molar-refractivity contribution in [3.8, 4) is 27.6 Å². The number of benzene rings is 2. The van der Waals surface area contributed by atoms with E-state index in [2.05, 4.69) is 25.5 Å². The standard InChI is InChI=1S/C37H31F2N7O3S/c1-18-44-45-35(49-18)29-26(13-7-19-5-8-20(38)9-6-19)42-32-27-4-3-15-46(27)37(47)31(32)30(29)28-16-23-34(40-17-41-36(23)50-28)43-25-14-11-22-21(25)10-12-24(39)33(22)48-2/h5-6,8-10,12,16-17,25,27H,3-4,7,11,13-15H2,1-2H3,(H,40,41,43)/t25-,27-/m0/s1. The minimum absolute atomic E-state index is 0.0572. The van der Waals surface area contributed by atoms with Gasteiger partial charge in [-0.15, -0.1) is 21.5 Å². The lowest BCUT2D eigenvalue weighted by molar-refractivity contribution is 0.0776. The highest BCUT2D eigenvalue weighted by atomic mass is 32.1. The first-order valence-corrected chi connectivity index (χ1v) is 17.5. The van der Waals surface area contributed by atoms with Crippen molar-refractivity contribution in [3.63, 3.8) is 0 Å². The zero-order chi connectivity index (χ0) is 34.1. The Balaban J connectivity index is 1.20. The maximum Gasteiger partial charge on any atom is 0.257 e. The van der Waals surface area contributed by atoms with Gasteiger partial charge in [0.1, 0.15) is 22.8 Å². The van der Waals surface area contributed by atoms with Crippen LogP contribution >= 0.6 is 11.3 Å². The Labute approximate surface area is 289 Å². The molecular formula is C37H31F2N7O3S. The Morgan fingerprint density at radius 3 is 2.70 bits per heavy atom. The molecule has 0 bridgehead atoms. The zero-order valence-electron chi connectivity index (χ0n) is 27.3. The number of fused-ring (bicyclic) bond motifs is 5. The number of methoxy groups -OCH3 is 1. The molecule has 9 rings (SSSR count). The fourth-order valence-corrected chi connectivity index (χ4v) is 8.85. The number of pyridine rings is 1. The van der Waals surface area contributed by atoms with Crippen molar-refractivity contribution in [1.82, 2.24) is 30.0 Å². The van der Waals surface area contributed by atoms with Crippen LogP contribution in [-0.4, -0.2) is 49.6 Å². The van der Waals surface area contributed by atoms with Crippen molar-refractivity contribution in [1.29, 1.82) is 0 Å². The minimum atomic E-state index is -0.372. The smallest absolute Gasteiger partial charge is 0.257 e. The average Bonchev–Trinajstić information content (AvgIpc) is 3.96. The molecule has 2 aromatic carbocycles. The number of carbonyl (C=O) groups is 1. The van der Waals surface area contributed by atoms with Gasteiger partial charge in [-0.1, -0.05) is 18.2 Å². The molecule has 2 aliphatic heterocycles. The van der Waals surface area contributed by atoms with Crippen LogP contribution in [0.15, 0.2) is 53.2 Å². The number of rotatable bonds is 8. The van der Waals surface area contributed by atoms with Crippen molar-refractivity contribution in [2.24, 2.45) is 0 Å². The number of thiophene rings is 1. The summed E-state index contributed by atoms with van der Waals surface area (Å²) >= 11 is 1.46. The Kier molecular flexibility index (Phi) is 7.34. The second-order valence-corrected chi connectivity index (χ2v) is 13.9. The number of anilines is 1. The van der Waals surface area contributed by atoms with Crippen molar-refractivity contribution in [3.05, 3.63) is 100.0 Å². The Hall–Kier alpha value is -5.30. The first-order valence-electron chi connectivity index (χ1n) is 16.7. The molecular weight excluding hydrogens is 661 g/mol. The highest BCUT2D eigenvalue weighted by molar-refractivity contribution is 7.22. The number of halogens is 2. The molecule has 1 amide bonds. The number of nitrogens with zero attached hydrogens (tertiary/aromatic N) is 6. The lowest BCUT2D eigenvalue weighted by Crippen LogP contribution is -2.22. The van der Waals surface area contributed by atoms with Crippen LogP contribution < -0.4 is 10.1 Å². The molecule has 6 aromatic rings. The summed E-state index contributed by atoms with van der Waals surface area (Å²) in [6.07, 6.45) is 5.81. The van der Waals surface area contributed by atoms with E-state index < -0.39 is 0 Å². The molecule has 6 heterocycles. The molecule has 1 saturated heterocycles. The van der Waals surface area contributed by atoms with E-state index in [0.29, 0.717) is 54.2 Å². The summed E-state index contributed by atoms with van der Waals surface area (Å²) in [6.45, 7) is 2.40. The summed E-state index contributed by atoms with van der Waals surface area (Å²) in [4.78, 5) is 32.1. The third-order valence-electron chi connectivity index (χ3n) is 10.0. The van der Waals surface area contributed by atoms with Crippen LogP contribution in [0, 0.1) is 18.6 Å². The molecule has 252 valence electrons. The van der Waals surface area contributed by atoms with E-state index in [1.54, 1.807) is 25.1 Å². The van der Waals surface area contributed by atoms with Gasteiger partial charge < -0.3 is 19.4 Å². The second kappa shape index (κ2) is 11.9. The zero-order valence-corrected chi connectivity index (χ0v) is 28.1. The molecule has 1 aliphatic carbocycles. The van der Waals surface area contributed by atoms with Crippen molar-refractivity contribution in [2.75, 3.05) is 19.0 Å². The van der Waals surface area contributed by atoms with Gasteiger partial charge in [0.25, 0.3) is 5.91 Å². The lowest BCUT2D eigenvalue weighted by atomic mass is 9.93. The molecule has 1 fully saturated rings. The normalized spacial score (nSPS) is 17.8. The topological polar surface area (TPSA) is 119 Å². The number of hydrogen-bond donors (Lipinski definition) is 1. The van der Waals surface area contributed by atoms with Gasteiger partial charge in [-0.3, -0.25) is 9.78 Å². The van der Waals surface area contributed by atoms with Crippen molar-refractivity contribution in [2.45, 2.75) is 57.5 Å². The van der Waals surface area contributed by atoms with Crippen LogP contribution in [0.2, 0.25) is 0 Å². The first-order chi connectivity index (χ1) is 24.4. The fourth-order valence-electron chi connectivity index (χ4n) is 7.79. The highest BCUT2D eigenvalue weighted by Crippen LogP contribution is 2.50. The van der Waals surface area contributed by atoms with E-state index in [1.165, 1.54) is 43.0 Å². The number of hydrogen-bond acceptors (Lipinski definition) is 10. The minimum Gasteiger partial charge on any atom is -0.493 e. The predicted molar refractivity (Wildman–Crippen MR) is 183 cm³/mol. The number of aromatic nitrogens is 5. The fraction of sp³-hybridized carbons (Fsp3) is 0.297. The monoisotopic (exact) mass is 691 g/mol. The molecule has 50 heavy (non-hydrogen) atoms. The number of aryl methyl sites for hydroxylation is 3. The summed E-state index contributed by atoms with van der Waals surface area (Å²) in [6, 6.07) is 11.5. The van der Waals surface area contributed by atoms with Crippen LogP contribution in [0.3, 0.4) is 0 Å². The van der Waals surface area contributed by atoms with E-state index in [1.807, 2.05) is 11.0 Å². The number of nitrogens with one attached hydrogen (secondary N) is 1. The van der Waals surface area contributed by atoms with E-state index in [0.717, 1.165) is 62.4 Å². The van der Waals surface area contributed by atoms with Crippen molar-refractivity contribution < 1.29 is 22.7 Å². The van der Waals surface area contributed by atoms with Gasteiger partial charge in [-0.2, -0.15) is 0 Å². The van der Waals surface area contributed by atoms with Crippen molar-refractivity contribution >= 4 is 33.3 Å². The summed E-state index contributed by atoms with van der Waals surface area (Å²) in [5.74, 6) is 0.885. The molecule has 10 nitrogen and oxygen atoms in total. The average molecular weight is 692 g/mol. The third kappa shape index (κ3) is 4.93. The predicted octanol–water partition coefficient (Wildman–Crippen LogP) is 7.57. The Morgan fingerprint density at radius 1 is 1.04 bits per heavy atom. The molecule has 13 heteroatoms. The van der Waals surface area contributed by atoms with Crippen LogP contribution in [0.5, 0.6) is 5.75 Å². The lowest BCUT2D eigenvalue weighted by Gasteiger charge is -2.16. The molecule has 0 spiro atoms.